The van der Waals surface area contributed by atoms with Gasteiger partial charge in [-0.1, -0.05) is 0 Å². The Hall–Kier alpha value is -2.96. The molecule has 0 spiro atoms. The minimum Gasteiger partial charge on any atom is -0.442 e. The fourth-order valence-electron chi connectivity index (χ4n) is 2.72. The number of cyclic esters (lactones) is 1. The molecule has 1 fully saturated rings. The second-order valence-corrected chi connectivity index (χ2v) is 5.90. The number of carbonyl (C=O) groups excluding carboxylic acids is 2. The lowest BCUT2D eigenvalue weighted by Crippen LogP contribution is -2.33. The third-order valence-corrected chi connectivity index (χ3v) is 3.92. The van der Waals surface area contributed by atoms with Crippen LogP contribution in [0.25, 0.3) is 11.1 Å². The number of aromatic nitrogens is 1. The van der Waals surface area contributed by atoms with Crippen LogP contribution >= 0.6 is 0 Å². The van der Waals surface area contributed by atoms with Gasteiger partial charge in [0.25, 0.3) is 0 Å². The number of benzene rings is 1. The second-order valence-electron chi connectivity index (χ2n) is 5.90. The zero-order valence-corrected chi connectivity index (χ0v) is 14.0. The molecule has 0 bridgehead atoms. The molecule has 25 heavy (non-hydrogen) atoms. The monoisotopic (exact) mass is 343 g/mol. The van der Waals surface area contributed by atoms with E-state index in [0.717, 1.165) is 11.3 Å². The number of nitrogens with one attached hydrogen (secondary N) is 1. The molecule has 6 nitrogen and oxygen atoms in total. The first-order valence-electron chi connectivity index (χ1n) is 7.89. The summed E-state index contributed by atoms with van der Waals surface area (Å²) in [6.45, 7) is 3.72. The van der Waals surface area contributed by atoms with Crippen molar-refractivity contribution in [3.63, 3.8) is 0 Å². The standard InChI is InChI=1S/C18H18FN3O3/c1-11-7-13(5-6-20-11)16-4-3-14(8-17(16)19)22-10-15(25-18(22)24)9-21-12(2)23/h3-8,15H,9-10H2,1-2H3,(H,21,23). The van der Waals surface area contributed by atoms with Crippen LogP contribution in [0.3, 0.4) is 0 Å². The molecule has 2 aromatic rings. The van der Waals surface area contributed by atoms with Crippen molar-refractivity contribution < 1.29 is 18.7 Å². The molecule has 130 valence electrons. The molecule has 0 saturated carbocycles. The molecule has 7 heteroatoms. The van der Waals surface area contributed by atoms with Gasteiger partial charge in [0.1, 0.15) is 11.9 Å². The van der Waals surface area contributed by atoms with Gasteiger partial charge in [-0.15, -0.1) is 0 Å². The Morgan fingerprint density at radius 1 is 1.40 bits per heavy atom. The third kappa shape index (κ3) is 3.76. The molecular weight excluding hydrogens is 325 g/mol. The highest BCUT2D eigenvalue weighted by Crippen LogP contribution is 2.29. The predicted molar refractivity (Wildman–Crippen MR) is 90.7 cm³/mol. The normalized spacial score (nSPS) is 16.7. The largest absolute Gasteiger partial charge is 0.442 e. The van der Waals surface area contributed by atoms with Gasteiger partial charge in [-0.25, -0.2) is 9.18 Å². The number of hydrogen-bond donors (Lipinski definition) is 1. The summed E-state index contributed by atoms with van der Waals surface area (Å²) in [6, 6.07) is 8.15. The summed E-state index contributed by atoms with van der Waals surface area (Å²) in [7, 11) is 0. The van der Waals surface area contributed by atoms with E-state index in [2.05, 4.69) is 10.3 Å². The first-order valence-corrected chi connectivity index (χ1v) is 7.89. The summed E-state index contributed by atoms with van der Waals surface area (Å²) >= 11 is 0. The van der Waals surface area contributed by atoms with Gasteiger partial charge in [0, 0.05) is 24.4 Å². The second kappa shape index (κ2) is 6.88. The van der Waals surface area contributed by atoms with E-state index in [1.165, 1.54) is 17.9 Å². The number of anilines is 1. The van der Waals surface area contributed by atoms with Crippen molar-refractivity contribution in [3.8, 4) is 11.1 Å². The molecule has 1 aliphatic rings. The lowest BCUT2D eigenvalue weighted by molar-refractivity contribution is -0.119. The predicted octanol–water partition coefficient (Wildman–Crippen LogP) is 2.66. The highest BCUT2D eigenvalue weighted by atomic mass is 19.1. The molecule has 1 saturated heterocycles. The van der Waals surface area contributed by atoms with E-state index in [9.17, 15) is 14.0 Å². The summed E-state index contributed by atoms with van der Waals surface area (Å²) in [5.41, 5.74) is 2.38. The minimum atomic E-state index is -0.553. The smallest absolute Gasteiger partial charge is 0.414 e. The van der Waals surface area contributed by atoms with Gasteiger partial charge in [-0.2, -0.15) is 0 Å². The number of amides is 2. The minimum absolute atomic E-state index is 0.197. The molecule has 1 aliphatic heterocycles. The quantitative estimate of drug-likeness (QED) is 0.926. The van der Waals surface area contributed by atoms with Crippen LogP contribution in [0, 0.1) is 12.7 Å². The summed E-state index contributed by atoms with van der Waals surface area (Å²) in [4.78, 5) is 28.4. The molecule has 1 atom stereocenters. The fourth-order valence-corrected chi connectivity index (χ4v) is 2.72. The van der Waals surface area contributed by atoms with Crippen LogP contribution in [0.15, 0.2) is 36.5 Å². The van der Waals surface area contributed by atoms with Gasteiger partial charge >= 0.3 is 6.09 Å². The number of carbonyl (C=O) groups is 2. The number of rotatable bonds is 4. The van der Waals surface area contributed by atoms with Gasteiger partial charge in [-0.3, -0.25) is 14.7 Å². The maximum atomic E-state index is 14.5. The summed E-state index contributed by atoms with van der Waals surface area (Å²) in [5.74, 6) is -0.626. The zero-order valence-electron chi connectivity index (χ0n) is 14.0. The molecule has 1 unspecified atom stereocenters. The van der Waals surface area contributed by atoms with Crippen molar-refractivity contribution >= 4 is 17.7 Å². The SMILES string of the molecule is CC(=O)NCC1CN(c2ccc(-c3ccnc(C)c3)c(F)c2)C(=O)O1. The van der Waals surface area contributed by atoms with Crippen LogP contribution in [0.4, 0.5) is 14.9 Å². The molecule has 0 radical (unpaired) electrons. The van der Waals surface area contributed by atoms with Crippen molar-refractivity contribution in [2.75, 3.05) is 18.0 Å². The van der Waals surface area contributed by atoms with Crippen LogP contribution in [0.2, 0.25) is 0 Å². The van der Waals surface area contributed by atoms with Gasteiger partial charge in [0.15, 0.2) is 0 Å². The molecule has 0 aliphatic carbocycles. The Balaban J connectivity index is 1.79. The van der Waals surface area contributed by atoms with Crippen molar-refractivity contribution in [2.45, 2.75) is 20.0 Å². The van der Waals surface area contributed by atoms with Gasteiger partial charge in [-0.05, 0) is 42.8 Å². The van der Waals surface area contributed by atoms with E-state index < -0.39 is 18.0 Å². The first kappa shape index (κ1) is 16.9. The van der Waals surface area contributed by atoms with Gasteiger partial charge in [0.2, 0.25) is 5.91 Å². The first-order chi connectivity index (χ1) is 11.9. The van der Waals surface area contributed by atoms with E-state index in [1.807, 2.05) is 6.92 Å². The lowest BCUT2D eigenvalue weighted by Gasteiger charge is -2.14. The number of aryl methyl sites for hydroxylation is 1. The molecule has 1 aromatic carbocycles. The molecule has 2 heterocycles. The van der Waals surface area contributed by atoms with Crippen molar-refractivity contribution in [2.24, 2.45) is 0 Å². The third-order valence-electron chi connectivity index (χ3n) is 3.92. The van der Waals surface area contributed by atoms with Gasteiger partial charge in [0.05, 0.1) is 18.8 Å². The Morgan fingerprint density at radius 3 is 2.88 bits per heavy atom. The molecule has 2 amide bonds. The molecule has 1 N–H and O–H groups in total. The van der Waals surface area contributed by atoms with E-state index in [-0.39, 0.29) is 19.0 Å². The fraction of sp³-hybridized carbons (Fsp3) is 0.278. The van der Waals surface area contributed by atoms with E-state index in [0.29, 0.717) is 11.3 Å². The Bertz CT molecular complexity index is 825. The van der Waals surface area contributed by atoms with Crippen molar-refractivity contribution in [3.05, 3.63) is 48.0 Å². The maximum Gasteiger partial charge on any atom is 0.414 e. The molecule has 1 aromatic heterocycles. The molecular formula is C18H18FN3O3. The topological polar surface area (TPSA) is 71.5 Å². The van der Waals surface area contributed by atoms with Gasteiger partial charge < -0.3 is 10.1 Å². The average Bonchev–Trinajstić information content (AvgIpc) is 2.94. The Kier molecular flexibility index (Phi) is 4.65. The average molecular weight is 343 g/mol. The molecule has 3 rings (SSSR count). The van der Waals surface area contributed by atoms with Crippen LogP contribution in [-0.2, 0) is 9.53 Å². The van der Waals surface area contributed by atoms with Crippen molar-refractivity contribution in [1.82, 2.24) is 10.3 Å². The lowest BCUT2D eigenvalue weighted by atomic mass is 10.0. The number of nitrogens with zero attached hydrogens (tertiary/aromatic N) is 2. The van der Waals surface area contributed by atoms with E-state index in [1.54, 1.807) is 30.5 Å². The zero-order chi connectivity index (χ0) is 18.0. The van der Waals surface area contributed by atoms with E-state index in [4.69, 9.17) is 4.74 Å². The summed E-state index contributed by atoms with van der Waals surface area (Å²) in [6.07, 6.45) is 0.617. The van der Waals surface area contributed by atoms with Crippen molar-refractivity contribution in [1.29, 1.82) is 0 Å². The number of ether oxygens (including phenoxy) is 1. The highest BCUT2D eigenvalue weighted by Gasteiger charge is 2.32. The number of hydrogen-bond acceptors (Lipinski definition) is 4. The number of halogens is 1. The maximum absolute atomic E-state index is 14.5. The Labute approximate surface area is 144 Å². The van der Waals surface area contributed by atoms with Crippen LogP contribution < -0.4 is 10.2 Å². The van der Waals surface area contributed by atoms with Crippen LogP contribution in [0.5, 0.6) is 0 Å². The summed E-state index contributed by atoms with van der Waals surface area (Å²) in [5, 5.41) is 2.60. The highest BCUT2D eigenvalue weighted by molar-refractivity contribution is 5.90. The number of pyridine rings is 1. The van der Waals surface area contributed by atoms with Crippen LogP contribution in [-0.4, -0.2) is 36.2 Å². The van der Waals surface area contributed by atoms with E-state index >= 15 is 0 Å². The Morgan fingerprint density at radius 2 is 2.20 bits per heavy atom. The summed E-state index contributed by atoms with van der Waals surface area (Å²) < 4.78 is 19.7. The van der Waals surface area contributed by atoms with Crippen LogP contribution in [0.1, 0.15) is 12.6 Å².